The summed E-state index contributed by atoms with van der Waals surface area (Å²) in [5.74, 6) is -2.99. The molecular formula is C26H29F4N3O4S2. The number of nitrogens with one attached hydrogen (secondary N) is 2. The molecule has 1 fully saturated rings. The summed E-state index contributed by atoms with van der Waals surface area (Å²) in [5, 5.41) is 10.5. The second-order valence-electron chi connectivity index (χ2n) is 8.80. The number of nitrogens with zero attached hydrogens (tertiary/aromatic N) is 1. The lowest BCUT2D eigenvalue weighted by Crippen LogP contribution is -2.33. The van der Waals surface area contributed by atoms with Crippen LogP contribution in [0.25, 0.3) is 10.4 Å². The molecule has 1 aromatic heterocycles. The van der Waals surface area contributed by atoms with Crippen molar-refractivity contribution in [2.75, 3.05) is 26.2 Å². The zero-order valence-corrected chi connectivity index (χ0v) is 22.5. The van der Waals surface area contributed by atoms with Crippen LogP contribution in [0.1, 0.15) is 24.0 Å². The molecule has 39 heavy (non-hydrogen) atoms. The van der Waals surface area contributed by atoms with Gasteiger partial charge in [0, 0.05) is 31.1 Å². The first-order valence-electron chi connectivity index (χ1n) is 12.1. The van der Waals surface area contributed by atoms with Gasteiger partial charge in [0.25, 0.3) is 0 Å². The fourth-order valence-electron chi connectivity index (χ4n) is 3.78. The molecule has 212 valence electrons. The van der Waals surface area contributed by atoms with E-state index in [0.29, 0.717) is 23.8 Å². The number of likely N-dealkylation sites (tertiary alicyclic amines) is 1. The van der Waals surface area contributed by atoms with Crippen molar-refractivity contribution in [3.8, 4) is 10.4 Å². The second kappa shape index (κ2) is 14.0. The Kier molecular flexibility index (Phi) is 11.0. The molecule has 0 bridgehead atoms. The topological polar surface area (TPSA) is 98.7 Å². The van der Waals surface area contributed by atoms with Gasteiger partial charge in [0.1, 0.15) is 10.0 Å². The van der Waals surface area contributed by atoms with Crippen LogP contribution in [0.3, 0.4) is 0 Å². The summed E-state index contributed by atoms with van der Waals surface area (Å²) in [6.07, 6.45) is -2.69. The summed E-state index contributed by atoms with van der Waals surface area (Å²) in [6.45, 7) is 4.68. The van der Waals surface area contributed by atoms with Gasteiger partial charge in [-0.25, -0.2) is 22.3 Å². The van der Waals surface area contributed by atoms with Crippen LogP contribution in [-0.4, -0.2) is 56.7 Å². The first-order valence-corrected chi connectivity index (χ1v) is 14.4. The van der Waals surface area contributed by atoms with E-state index in [1.165, 1.54) is 36.3 Å². The van der Waals surface area contributed by atoms with Gasteiger partial charge in [0.05, 0.1) is 0 Å². The number of benzene rings is 2. The molecule has 7 nitrogen and oxygen atoms in total. The highest BCUT2D eigenvalue weighted by molar-refractivity contribution is 7.91. The predicted octanol–water partition coefficient (Wildman–Crippen LogP) is 4.85. The molecule has 0 aliphatic carbocycles. The lowest BCUT2D eigenvalue weighted by molar-refractivity contribution is -0.192. The smallest absolute Gasteiger partial charge is 0.475 e. The normalized spacial score (nSPS) is 14.2. The molecule has 0 radical (unpaired) electrons. The van der Waals surface area contributed by atoms with E-state index in [2.05, 4.69) is 14.9 Å². The van der Waals surface area contributed by atoms with Crippen molar-refractivity contribution >= 4 is 27.3 Å². The SMILES string of the molecule is O=C(O)C(F)(F)F.O=S(=O)(NCCN1CCCC1)c1ccc(-c2ccc(CNCc3ccc(F)cc3)cc2)s1. The number of carbonyl (C=O) groups is 1. The van der Waals surface area contributed by atoms with Crippen LogP contribution in [0.4, 0.5) is 17.6 Å². The third kappa shape index (κ3) is 10.0. The number of alkyl halides is 3. The standard InChI is InChI=1S/C24H28FN3O2S2.C2HF3O2/c25-22-9-5-20(6-10-22)18-26-17-19-3-7-21(8-4-19)23-11-12-24(31-23)32(29,30)27-13-16-28-14-1-2-15-28;3-2(4,5)1(6)7/h3-12,26-27H,1-2,13-18H2;(H,6,7). The van der Waals surface area contributed by atoms with Gasteiger partial charge in [0.2, 0.25) is 10.0 Å². The highest BCUT2D eigenvalue weighted by Crippen LogP contribution is 2.30. The van der Waals surface area contributed by atoms with Crippen LogP contribution in [-0.2, 0) is 27.9 Å². The molecule has 4 rings (SSSR count). The van der Waals surface area contributed by atoms with Gasteiger partial charge in [-0.05, 0) is 66.9 Å². The average molecular weight is 588 g/mol. The Bertz CT molecular complexity index is 1310. The van der Waals surface area contributed by atoms with Crippen molar-refractivity contribution in [1.82, 2.24) is 14.9 Å². The Balaban J connectivity index is 0.000000532. The zero-order valence-electron chi connectivity index (χ0n) is 20.9. The molecule has 2 aromatic carbocycles. The quantitative estimate of drug-likeness (QED) is 0.294. The number of halogens is 4. The van der Waals surface area contributed by atoms with Crippen molar-refractivity contribution in [2.45, 2.75) is 36.3 Å². The second-order valence-corrected chi connectivity index (χ2v) is 11.9. The number of rotatable bonds is 10. The fraction of sp³-hybridized carbons (Fsp3) is 0.346. The van der Waals surface area contributed by atoms with Crippen LogP contribution >= 0.6 is 11.3 Å². The third-order valence-electron chi connectivity index (χ3n) is 5.82. The van der Waals surface area contributed by atoms with E-state index in [0.717, 1.165) is 41.2 Å². The molecule has 3 aromatic rings. The monoisotopic (exact) mass is 587 g/mol. The zero-order chi connectivity index (χ0) is 28.5. The molecule has 0 unspecified atom stereocenters. The summed E-state index contributed by atoms with van der Waals surface area (Å²) in [7, 11) is -3.48. The molecule has 1 aliphatic heterocycles. The number of sulfonamides is 1. The highest BCUT2D eigenvalue weighted by Gasteiger charge is 2.38. The van der Waals surface area contributed by atoms with Crippen molar-refractivity contribution in [3.05, 3.63) is 77.6 Å². The lowest BCUT2D eigenvalue weighted by atomic mass is 10.1. The third-order valence-corrected chi connectivity index (χ3v) is 8.90. The van der Waals surface area contributed by atoms with Crippen molar-refractivity contribution in [2.24, 2.45) is 0 Å². The first-order chi connectivity index (χ1) is 18.4. The fourth-order valence-corrected chi connectivity index (χ4v) is 6.15. The van der Waals surface area contributed by atoms with Crippen molar-refractivity contribution in [1.29, 1.82) is 0 Å². The molecule has 0 saturated carbocycles. The minimum Gasteiger partial charge on any atom is -0.475 e. The van der Waals surface area contributed by atoms with Gasteiger partial charge in [-0.1, -0.05) is 36.4 Å². The molecule has 13 heteroatoms. The van der Waals surface area contributed by atoms with E-state index >= 15 is 0 Å². The van der Waals surface area contributed by atoms with E-state index in [1.807, 2.05) is 30.3 Å². The maximum absolute atomic E-state index is 13.0. The minimum absolute atomic E-state index is 0.230. The Morgan fingerprint density at radius 2 is 1.46 bits per heavy atom. The Morgan fingerprint density at radius 3 is 2.00 bits per heavy atom. The van der Waals surface area contributed by atoms with E-state index in [4.69, 9.17) is 9.90 Å². The van der Waals surface area contributed by atoms with E-state index in [9.17, 15) is 26.0 Å². The predicted molar refractivity (Wildman–Crippen MR) is 141 cm³/mol. The van der Waals surface area contributed by atoms with E-state index in [1.54, 1.807) is 18.2 Å². The molecule has 0 spiro atoms. The number of thiophene rings is 1. The molecular weight excluding hydrogens is 558 g/mol. The van der Waals surface area contributed by atoms with Gasteiger partial charge >= 0.3 is 12.1 Å². The number of carboxylic acid groups (broad SMARTS) is 1. The van der Waals surface area contributed by atoms with Crippen LogP contribution in [0.15, 0.2) is 64.9 Å². The summed E-state index contributed by atoms with van der Waals surface area (Å²) in [6, 6.07) is 18.1. The highest BCUT2D eigenvalue weighted by atomic mass is 32.2. The average Bonchev–Trinajstić information content (AvgIpc) is 3.59. The van der Waals surface area contributed by atoms with Gasteiger partial charge in [-0.2, -0.15) is 13.2 Å². The van der Waals surface area contributed by atoms with Crippen LogP contribution in [0.2, 0.25) is 0 Å². The number of aliphatic carboxylic acids is 1. The van der Waals surface area contributed by atoms with Crippen molar-refractivity contribution in [3.63, 3.8) is 0 Å². The summed E-state index contributed by atoms with van der Waals surface area (Å²) >= 11 is 1.29. The van der Waals surface area contributed by atoms with Gasteiger partial charge in [-0.15, -0.1) is 11.3 Å². The number of carboxylic acids is 1. The van der Waals surface area contributed by atoms with E-state index < -0.39 is 22.2 Å². The van der Waals surface area contributed by atoms with Gasteiger partial charge < -0.3 is 15.3 Å². The van der Waals surface area contributed by atoms with E-state index in [-0.39, 0.29) is 5.82 Å². The number of hydrogen-bond donors (Lipinski definition) is 3. The maximum Gasteiger partial charge on any atom is 0.490 e. The molecule has 2 heterocycles. The van der Waals surface area contributed by atoms with Crippen molar-refractivity contribution < 1.29 is 35.9 Å². The van der Waals surface area contributed by atoms with Crippen LogP contribution in [0.5, 0.6) is 0 Å². The summed E-state index contributed by atoms with van der Waals surface area (Å²) in [4.78, 5) is 12.1. The Hall–Kier alpha value is -2.84. The molecule has 3 N–H and O–H groups in total. The van der Waals surface area contributed by atoms with Gasteiger partial charge in [-0.3, -0.25) is 0 Å². The largest absolute Gasteiger partial charge is 0.490 e. The molecule has 1 saturated heterocycles. The van der Waals surface area contributed by atoms with Gasteiger partial charge in [0.15, 0.2) is 0 Å². The van der Waals surface area contributed by atoms with Crippen LogP contribution < -0.4 is 10.0 Å². The maximum atomic E-state index is 13.0. The molecule has 0 amide bonds. The number of hydrogen-bond acceptors (Lipinski definition) is 6. The van der Waals surface area contributed by atoms with Crippen LogP contribution in [0, 0.1) is 5.82 Å². The minimum atomic E-state index is -5.08. The first kappa shape index (κ1) is 30.7. The Morgan fingerprint density at radius 1 is 0.923 bits per heavy atom. The lowest BCUT2D eigenvalue weighted by Gasteiger charge is -2.14. The molecule has 0 atom stereocenters. The Labute approximate surface area is 228 Å². The molecule has 1 aliphatic rings. The summed E-state index contributed by atoms with van der Waals surface area (Å²) in [5.41, 5.74) is 3.16. The summed E-state index contributed by atoms with van der Waals surface area (Å²) < 4.78 is 73.0.